The Bertz CT molecular complexity index is 1120. The van der Waals surface area contributed by atoms with Crippen LogP contribution in [0.1, 0.15) is 11.3 Å². The summed E-state index contributed by atoms with van der Waals surface area (Å²) in [5.41, 5.74) is 3.74. The summed E-state index contributed by atoms with van der Waals surface area (Å²) < 4.78 is 15.7. The van der Waals surface area contributed by atoms with Crippen LogP contribution in [0.3, 0.4) is 0 Å². The highest BCUT2D eigenvalue weighted by Crippen LogP contribution is 2.36. The van der Waals surface area contributed by atoms with Gasteiger partial charge in [-0.2, -0.15) is 15.5 Å². The highest BCUT2D eigenvalue weighted by Gasteiger charge is 2.16. The molecular formula is C17H11FN6S. The number of aromatic nitrogens is 5. The van der Waals surface area contributed by atoms with Gasteiger partial charge in [0.1, 0.15) is 11.1 Å². The summed E-state index contributed by atoms with van der Waals surface area (Å²) in [7, 11) is 0. The van der Waals surface area contributed by atoms with Crippen molar-refractivity contribution in [3.05, 3.63) is 60.1 Å². The Kier molecular flexibility index (Phi) is 3.71. The molecule has 6 nitrogen and oxygen atoms in total. The molecule has 0 spiro atoms. The van der Waals surface area contributed by atoms with Gasteiger partial charge in [0, 0.05) is 34.1 Å². The summed E-state index contributed by atoms with van der Waals surface area (Å²) in [6, 6.07) is 6.93. The largest absolute Gasteiger partial charge is 0.282 e. The van der Waals surface area contributed by atoms with Crippen LogP contribution in [0.25, 0.3) is 16.6 Å². The molecule has 0 atom stereocenters. The molecule has 0 aliphatic heterocycles. The van der Waals surface area contributed by atoms with E-state index in [-0.39, 0.29) is 5.03 Å². The lowest BCUT2D eigenvalue weighted by Gasteiger charge is -2.08. The molecule has 0 fully saturated rings. The van der Waals surface area contributed by atoms with Crippen LogP contribution in [0.5, 0.6) is 0 Å². The molecule has 4 rings (SSSR count). The fraction of sp³-hybridized carbons (Fsp3) is 0.0588. The second-order valence-corrected chi connectivity index (χ2v) is 6.39. The fourth-order valence-electron chi connectivity index (χ4n) is 2.58. The van der Waals surface area contributed by atoms with Gasteiger partial charge >= 0.3 is 0 Å². The summed E-state index contributed by atoms with van der Waals surface area (Å²) in [6.45, 7) is 1.92. The normalized spacial score (nSPS) is 10.9. The molecule has 0 bridgehead atoms. The van der Waals surface area contributed by atoms with Crippen molar-refractivity contribution in [1.29, 1.82) is 5.26 Å². The molecule has 0 radical (unpaired) electrons. The Morgan fingerprint density at radius 3 is 2.96 bits per heavy atom. The van der Waals surface area contributed by atoms with Crippen molar-refractivity contribution in [3.8, 4) is 17.2 Å². The molecule has 0 saturated heterocycles. The zero-order chi connectivity index (χ0) is 17.4. The molecule has 0 unspecified atom stereocenters. The summed E-state index contributed by atoms with van der Waals surface area (Å²) in [4.78, 5) is 4.79. The maximum Gasteiger partial charge on any atom is 0.155 e. The third-order valence-corrected chi connectivity index (χ3v) is 4.79. The number of nitriles is 1. The van der Waals surface area contributed by atoms with E-state index in [0.717, 1.165) is 16.8 Å². The van der Waals surface area contributed by atoms with E-state index < -0.39 is 5.82 Å². The number of aromatic amines is 1. The van der Waals surface area contributed by atoms with Crippen LogP contribution >= 0.6 is 11.8 Å². The molecule has 1 N–H and O–H groups in total. The molecule has 25 heavy (non-hydrogen) atoms. The van der Waals surface area contributed by atoms with E-state index in [0.29, 0.717) is 16.0 Å². The van der Waals surface area contributed by atoms with Crippen molar-refractivity contribution in [2.75, 3.05) is 0 Å². The van der Waals surface area contributed by atoms with Gasteiger partial charge in [0.25, 0.3) is 0 Å². The summed E-state index contributed by atoms with van der Waals surface area (Å²) in [5.74, 6) is -0.409. The molecule has 4 heterocycles. The van der Waals surface area contributed by atoms with Gasteiger partial charge in [0.05, 0.1) is 23.5 Å². The third kappa shape index (κ3) is 2.64. The molecule has 0 aromatic carbocycles. The number of H-pyrrole nitrogens is 1. The van der Waals surface area contributed by atoms with Crippen molar-refractivity contribution in [1.82, 2.24) is 24.8 Å². The van der Waals surface area contributed by atoms with Crippen LogP contribution in [0.2, 0.25) is 0 Å². The fourth-order valence-corrected chi connectivity index (χ4v) is 3.56. The van der Waals surface area contributed by atoms with Crippen LogP contribution in [0.4, 0.5) is 4.39 Å². The van der Waals surface area contributed by atoms with E-state index in [1.165, 1.54) is 30.2 Å². The van der Waals surface area contributed by atoms with Gasteiger partial charge < -0.3 is 0 Å². The molecule has 0 saturated carbocycles. The summed E-state index contributed by atoms with van der Waals surface area (Å²) in [5, 5.41) is 20.8. The maximum atomic E-state index is 14.0. The first-order valence-electron chi connectivity index (χ1n) is 7.37. The highest BCUT2D eigenvalue weighted by atomic mass is 32.2. The summed E-state index contributed by atoms with van der Waals surface area (Å²) in [6.07, 6.45) is 6.59. The molecular weight excluding hydrogens is 339 g/mol. The van der Waals surface area contributed by atoms with Gasteiger partial charge in [-0.25, -0.2) is 13.9 Å². The van der Waals surface area contributed by atoms with E-state index in [2.05, 4.69) is 26.3 Å². The van der Waals surface area contributed by atoms with Crippen LogP contribution in [0.15, 0.2) is 52.9 Å². The smallest absolute Gasteiger partial charge is 0.155 e. The first kappa shape index (κ1) is 15.4. The first-order valence-corrected chi connectivity index (χ1v) is 8.19. The molecule has 0 aliphatic rings. The standard InChI is InChI=1S/C17H11FN6S/c1-10-13(8-21-23-10)11-5-15(25-17-14(18)3-2-4-20-17)16-12(6-19)7-22-24(16)9-11/h2-5,7-9H,1H3,(H,21,23). The SMILES string of the molecule is Cc1[nH]ncc1-c1cc(Sc2ncccc2F)c2c(C#N)cnn2c1. The average molecular weight is 350 g/mol. The molecule has 122 valence electrons. The van der Waals surface area contributed by atoms with Crippen LogP contribution in [-0.4, -0.2) is 24.8 Å². The van der Waals surface area contributed by atoms with Crippen LogP contribution in [-0.2, 0) is 0 Å². The Morgan fingerprint density at radius 2 is 2.24 bits per heavy atom. The van der Waals surface area contributed by atoms with Gasteiger partial charge in [-0.15, -0.1) is 0 Å². The van der Waals surface area contributed by atoms with Crippen molar-refractivity contribution in [2.24, 2.45) is 0 Å². The minimum atomic E-state index is -0.409. The predicted octanol–water partition coefficient (Wildman–Crippen LogP) is 3.59. The van der Waals surface area contributed by atoms with E-state index in [1.54, 1.807) is 16.8 Å². The van der Waals surface area contributed by atoms with Gasteiger partial charge in [0.15, 0.2) is 5.82 Å². The molecule has 8 heteroatoms. The number of rotatable bonds is 3. The van der Waals surface area contributed by atoms with E-state index in [4.69, 9.17) is 0 Å². The van der Waals surface area contributed by atoms with E-state index in [1.807, 2.05) is 19.2 Å². The van der Waals surface area contributed by atoms with Gasteiger partial charge in [-0.1, -0.05) is 11.8 Å². The Labute approximate surface area is 146 Å². The highest BCUT2D eigenvalue weighted by molar-refractivity contribution is 7.99. The molecule has 4 aromatic rings. The van der Waals surface area contributed by atoms with Crippen molar-refractivity contribution in [2.45, 2.75) is 16.8 Å². The lowest BCUT2D eigenvalue weighted by atomic mass is 10.1. The number of nitrogens with one attached hydrogen (secondary N) is 1. The number of halogens is 1. The minimum absolute atomic E-state index is 0.246. The van der Waals surface area contributed by atoms with Gasteiger partial charge in [0.2, 0.25) is 0 Å². The lowest BCUT2D eigenvalue weighted by molar-refractivity contribution is 0.588. The predicted molar refractivity (Wildman–Crippen MR) is 90.5 cm³/mol. The van der Waals surface area contributed by atoms with Gasteiger partial charge in [-0.05, 0) is 25.1 Å². The number of hydrogen-bond donors (Lipinski definition) is 1. The topological polar surface area (TPSA) is 82.7 Å². The van der Waals surface area contributed by atoms with Crippen LogP contribution in [0, 0.1) is 24.1 Å². The second kappa shape index (κ2) is 6.03. The van der Waals surface area contributed by atoms with Crippen molar-refractivity contribution < 1.29 is 4.39 Å². The van der Waals surface area contributed by atoms with Crippen molar-refractivity contribution >= 4 is 17.3 Å². The quantitative estimate of drug-likeness (QED) is 0.610. The summed E-state index contributed by atoms with van der Waals surface area (Å²) >= 11 is 1.17. The Morgan fingerprint density at radius 1 is 1.36 bits per heavy atom. The maximum absolute atomic E-state index is 14.0. The zero-order valence-electron chi connectivity index (χ0n) is 13.1. The average Bonchev–Trinajstić information content (AvgIpc) is 3.22. The number of fused-ring (bicyclic) bond motifs is 1. The second-order valence-electron chi connectivity index (χ2n) is 5.36. The molecule has 0 amide bonds. The Hall–Kier alpha value is -3.18. The van der Waals surface area contributed by atoms with Gasteiger partial charge in [-0.3, -0.25) is 5.10 Å². The number of hydrogen-bond acceptors (Lipinski definition) is 5. The third-order valence-electron chi connectivity index (χ3n) is 3.77. The minimum Gasteiger partial charge on any atom is -0.282 e. The number of aryl methyl sites for hydroxylation is 1. The van der Waals surface area contributed by atoms with Crippen LogP contribution < -0.4 is 0 Å². The molecule has 0 aliphatic carbocycles. The zero-order valence-corrected chi connectivity index (χ0v) is 13.9. The monoisotopic (exact) mass is 350 g/mol. The number of pyridine rings is 2. The lowest BCUT2D eigenvalue weighted by Crippen LogP contribution is -1.94. The first-order chi connectivity index (χ1) is 12.2. The Balaban J connectivity index is 1.94. The van der Waals surface area contributed by atoms with Crippen molar-refractivity contribution in [3.63, 3.8) is 0 Å². The number of nitrogens with zero attached hydrogens (tertiary/aromatic N) is 5. The van der Waals surface area contributed by atoms with E-state index in [9.17, 15) is 9.65 Å². The van der Waals surface area contributed by atoms with E-state index >= 15 is 0 Å². The molecule has 4 aromatic heterocycles.